The predicted molar refractivity (Wildman–Crippen MR) is 149 cm³/mol. The van der Waals surface area contributed by atoms with E-state index in [4.69, 9.17) is 21.3 Å². The Hall–Kier alpha value is -2.71. The quantitative estimate of drug-likeness (QED) is 0.247. The van der Waals surface area contributed by atoms with Gasteiger partial charge in [-0.05, 0) is 85.7 Å². The molecule has 0 radical (unpaired) electrons. The second-order valence-electron chi connectivity index (χ2n) is 9.78. The summed E-state index contributed by atoms with van der Waals surface area (Å²) >= 11 is 8.07. The number of piperidine rings is 1. The van der Waals surface area contributed by atoms with Crippen molar-refractivity contribution < 1.29 is 18.6 Å². The van der Waals surface area contributed by atoms with Crippen LogP contribution in [0.1, 0.15) is 35.4 Å². The van der Waals surface area contributed by atoms with E-state index in [2.05, 4.69) is 11.4 Å². The Balaban J connectivity index is 1.60. The molecule has 2 heterocycles. The number of fused-ring (bicyclic) bond motifs is 1. The lowest BCUT2D eigenvalue weighted by Gasteiger charge is -2.43. The van der Waals surface area contributed by atoms with Crippen molar-refractivity contribution in [3.05, 3.63) is 100 Å². The van der Waals surface area contributed by atoms with Crippen molar-refractivity contribution in [1.82, 2.24) is 10.3 Å². The van der Waals surface area contributed by atoms with Gasteiger partial charge in [0.25, 0.3) is 0 Å². The molecule has 1 aliphatic heterocycles. The molecule has 1 saturated heterocycles. The molecule has 5 rings (SSSR count). The SMILES string of the molecule is COc1nc2ccc(SC)cc2cc1C(c1cccc(Cl)c1)C1(O)CCN[C@@H](Cc2ccc(F)cc2F)C1. The van der Waals surface area contributed by atoms with Gasteiger partial charge in [-0.15, -0.1) is 11.8 Å². The highest BCUT2D eigenvalue weighted by Gasteiger charge is 2.44. The van der Waals surface area contributed by atoms with Crippen molar-refractivity contribution in [2.24, 2.45) is 0 Å². The van der Waals surface area contributed by atoms with E-state index >= 15 is 0 Å². The van der Waals surface area contributed by atoms with Gasteiger partial charge in [-0.1, -0.05) is 29.8 Å². The van der Waals surface area contributed by atoms with Crippen LogP contribution in [0.4, 0.5) is 8.78 Å². The van der Waals surface area contributed by atoms with Gasteiger partial charge in [-0.2, -0.15) is 0 Å². The average molecular weight is 555 g/mol. The van der Waals surface area contributed by atoms with Crippen molar-refractivity contribution in [3.8, 4) is 5.88 Å². The van der Waals surface area contributed by atoms with Crippen molar-refractivity contribution >= 4 is 34.3 Å². The molecule has 0 amide bonds. The molecule has 1 aliphatic rings. The first-order valence-corrected chi connectivity index (χ1v) is 14.1. The molecule has 2 N–H and O–H groups in total. The summed E-state index contributed by atoms with van der Waals surface area (Å²) in [6.45, 7) is 0.529. The van der Waals surface area contributed by atoms with Crippen LogP contribution >= 0.6 is 23.4 Å². The van der Waals surface area contributed by atoms with E-state index in [1.165, 1.54) is 12.1 Å². The number of nitrogens with one attached hydrogen (secondary N) is 1. The van der Waals surface area contributed by atoms with Gasteiger partial charge in [-0.3, -0.25) is 0 Å². The third-order valence-electron chi connectivity index (χ3n) is 7.31. The largest absolute Gasteiger partial charge is 0.481 e. The minimum Gasteiger partial charge on any atom is -0.481 e. The summed E-state index contributed by atoms with van der Waals surface area (Å²) in [5, 5.41) is 17.3. The fourth-order valence-electron chi connectivity index (χ4n) is 5.57. The van der Waals surface area contributed by atoms with E-state index in [1.54, 1.807) is 24.9 Å². The third kappa shape index (κ3) is 5.52. The highest BCUT2D eigenvalue weighted by molar-refractivity contribution is 7.98. The minimum absolute atomic E-state index is 0.224. The van der Waals surface area contributed by atoms with Gasteiger partial charge in [0, 0.05) is 38.9 Å². The first kappa shape index (κ1) is 26.9. The molecule has 4 nitrogen and oxygen atoms in total. The molecule has 0 aliphatic carbocycles. The molecule has 1 aromatic heterocycles. The first-order valence-electron chi connectivity index (χ1n) is 12.5. The summed E-state index contributed by atoms with van der Waals surface area (Å²) in [6.07, 6.45) is 3.14. The fraction of sp³-hybridized carbons (Fsp3) is 0.300. The standard InChI is InChI=1S/C30H29ClF2N2O2S/c1-37-29-25(15-20-14-24(38-2)8-9-27(20)35-29)28(19-4-3-5-21(31)12-19)30(36)10-11-34-23(17-30)13-18-6-7-22(32)16-26(18)33/h3-9,12,14-16,23,28,34,36H,10-11,13,17H2,1-2H3/t23-,28?,30?/m0/s1. The van der Waals surface area contributed by atoms with Crippen LogP contribution in [0.5, 0.6) is 5.88 Å². The Bertz CT molecular complexity index is 1470. The summed E-state index contributed by atoms with van der Waals surface area (Å²) in [6, 6.07) is 19.0. The van der Waals surface area contributed by atoms with E-state index in [0.717, 1.165) is 33.0 Å². The maximum atomic E-state index is 14.5. The summed E-state index contributed by atoms with van der Waals surface area (Å²) in [4.78, 5) is 5.90. The number of pyridine rings is 1. The molecule has 198 valence electrons. The number of rotatable bonds is 7. The summed E-state index contributed by atoms with van der Waals surface area (Å²) in [5.41, 5.74) is 1.60. The normalized spacial score (nSPS) is 20.4. The number of aliphatic hydroxyl groups is 1. The van der Waals surface area contributed by atoms with Crippen LogP contribution in [0.3, 0.4) is 0 Å². The molecule has 8 heteroatoms. The van der Waals surface area contributed by atoms with Gasteiger partial charge in [-0.25, -0.2) is 13.8 Å². The van der Waals surface area contributed by atoms with Crippen LogP contribution in [-0.2, 0) is 6.42 Å². The van der Waals surface area contributed by atoms with Gasteiger partial charge in [0.05, 0.1) is 18.2 Å². The molecule has 0 spiro atoms. The number of hydrogen-bond acceptors (Lipinski definition) is 5. The van der Waals surface area contributed by atoms with Crippen LogP contribution < -0.4 is 10.1 Å². The number of halogens is 3. The maximum absolute atomic E-state index is 14.5. The fourth-order valence-corrected chi connectivity index (χ4v) is 6.22. The van der Waals surface area contributed by atoms with Gasteiger partial charge < -0.3 is 15.2 Å². The van der Waals surface area contributed by atoms with E-state index in [1.807, 2.05) is 42.7 Å². The molecule has 4 aromatic rings. The molecule has 38 heavy (non-hydrogen) atoms. The van der Waals surface area contributed by atoms with Crippen molar-refractivity contribution in [2.45, 2.75) is 41.7 Å². The predicted octanol–water partition coefficient (Wildman–Crippen LogP) is 6.75. The Morgan fingerprint density at radius 3 is 2.74 bits per heavy atom. The molecule has 1 fully saturated rings. The number of thioether (sulfide) groups is 1. The number of benzene rings is 3. The van der Waals surface area contributed by atoms with Gasteiger partial charge in [0.15, 0.2) is 0 Å². The Kier molecular flexibility index (Phi) is 7.91. The van der Waals surface area contributed by atoms with Crippen molar-refractivity contribution in [2.75, 3.05) is 19.9 Å². The highest BCUT2D eigenvalue weighted by Crippen LogP contribution is 2.46. The Labute approximate surface area is 230 Å². The topological polar surface area (TPSA) is 54.4 Å². The van der Waals surface area contributed by atoms with Crippen LogP contribution in [0.2, 0.25) is 5.02 Å². The third-order valence-corrected chi connectivity index (χ3v) is 8.27. The molecular formula is C30H29ClF2N2O2S. The zero-order valence-electron chi connectivity index (χ0n) is 21.2. The van der Waals surface area contributed by atoms with Crippen LogP contribution in [0.25, 0.3) is 10.9 Å². The average Bonchev–Trinajstić information content (AvgIpc) is 2.89. The van der Waals surface area contributed by atoms with Crippen LogP contribution in [0, 0.1) is 11.6 Å². The summed E-state index contributed by atoms with van der Waals surface area (Å²) in [7, 11) is 1.58. The molecule has 3 aromatic carbocycles. The Morgan fingerprint density at radius 2 is 2.00 bits per heavy atom. The van der Waals surface area contributed by atoms with E-state index < -0.39 is 23.2 Å². The number of nitrogens with zero attached hydrogens (tertiary/aromatic N) is 1. The lowest BCUT2D eigenvalue weighted by molar-refractivity contribution is -0.0191. The molecular weight excluding hydrogens is 526 g/mol. The van der Waals surface area contributed by atoms with E-state index in [0.29, 0.717) is 42.3 Å². The number of ether oxygens (including phenoxy) is 1. The molecule has 2 unspecified atom stereocenters. The summed E-state index contributed by atoms with van der Waals surface area (Å²) in [5.74, 6) is -1.26. The lowest BCUT2D eigenvalue weighted by atomic mass is 9.70. The second kappa shape index (κ2) is 11.2. The van der Waals surface area contributed by atoms with E-state index in [9.17, 15) is 13.9 Å². The van der Waals surface area contributed by atoms with Gasteiger partial charge >= 0.3 is 0 Å². The number of aromatic nitrogens is 1. The first-order chi connectivity index (χ1) is 18.3. The maximum Gasteiger partial charge on any atom is 0.217 e. The van der Waals surface area contributed by atoms with E-state index in [-0.39, 0.29) is 6.04 Å². The van der Waals surface area contributed by atoms with Crippen LogP contribution in [0.15, 0.2) is 71.6 Å². The van der Waals surface area contributed by atoms with Gasteiger partial charge in [0.1, 0.15) is 11.6 Å². The minimum atomic E-state index is -1.21. The summed E-state index contributed by atoms with van der Waals surface area (Å²) < 4.78 is 33.7. The Morgan fingerprint density at radius 1 is 1.16 bits per heavy atom. The number of hydrogen-bond donors (Lipinski definition) is 2. The molecule has 0 saturated carbocycles. The zero-order valence-corrected chi connectivity index (χ0v) is 22.8. The number of methoxy groups -OCH3 is 1. The second-order valence-corrected chi connectivity index (χ2v) is 11.1. The van der Waals surface area contributed by atoms with Crippen molar-refractivity contribution in [1.29, 1.82) is 0 Å². The van der Waals surface area contributed by atoms with Crippen molar-refractivity contribution in [3.63, 3.8) is 0 Å². The monoisotopic (exact) mass is 554 g/mol. The highest BCUT2D eigenvalue weighted by atomic mass is 35.5. The van der Waals surface area contributed by atoms with Gasteiger partial charge in [0.2, 0.25) is 5.88 Å². The molecule has 3 atom stereocenters. The smallest absolute Gasteiger partial charge is 0.217 e. The van der Waals surface area contributed by atoms with Crippen LogP contribution in [-0.4, -0.2) is 41.6 Å². The lowest BCUT2D eigenvalue weighted by Crippen LogP contribution is -2.52. The molecule has 0 bridgehead atoms. The zero-order chi connectivity index (χ0) is 26.9.